The van der Waals surface area contributed by atoms with Gasteiger partial charge in [0.15, 0.2) is 0 Å². The van der Waals surface area contributed by atoms with Gasteiger partial charge >= 0.3 is 0 Å². The van der Waals surface area contributed by atoms with E-state index in [0.29, 0.717) is 6.61 Å². The summed E-state index contributed by atoms with van der Waals surface area (Å²) in [6.07, 6.45) is 0. The molecule has 1 heterocycles. The second-order valence-electron chi connectivity index (χ2n) is 2.58. The molecule has 0 bridgehead atoms. The monoisotopic (exact) mass is 148 g/mol. The van der Waals surface area contributed by atoms with Crippen molar-refractivity contribution >= 4 is 11.8 Å². The van der Waals surface area contributed by atoms with Crippen LogP contribution in [0.5, 0.6) is 0 Å². The fourth-order valence-corrected chi connectivity index (χ4v) is 2.05. The van der Waals surface area contributed by atoms with Gasteiger partial charge in [-0.05, 0) is 0 Å². The van der Waals surface area contributed by atoms with Crippen LogP contribution in [-0.4, -0.2) is 36.9 Å². The second-order valence-corrected chi connectivity index (χ2v) is 3.57. The number of rotatable bonds is 3. The second kappa shape index (κ2) is 2.90. The number of thioether (sulfide) groups is 1. The predicted molar refractivity (Wildman–Crippen MR) is 38.7 cm³/mol. The molecule has 1 N–H and O–H groups in total. The molecule has 0 radical (unpaired) electrons. The zero-order valence-electron chi connectivity index (χ0n) is 5.59. The SMILES string of the molecule is COCC1(CO)CSC1. The number of aliphatic hydroxyl groups excluding tert-OH is 1. The zero-order valence-corrected chi connectivity index (χ0v) is 6.41. The molecule has 0 aliphatic carbocycles. The van der Waals surface area contributed by atoms with Crippen LogP contribution in [0, 0.1) is 5.41 Å². The fraction of sp³-hybridized carbons (Fsp3) is 1.00. The van der Waals surface area contributed by atoms with Crippen molar-refractivity contribution in [2.75, 3.05) is 31.8 Å². The van der Waals surface area contributed by atoms with Crippen LogP contribution in [0.25, 0.3) is 0 Å². The van der Waals surface area contributed by atoms with E-state index in [1.165, 1.54) is 0 Å². The van der Waals surface area contributed by atoms with Crippen LogP contribution in [0.4, 0.5) is 0 Å². The summed E-state index contributed by atoms with van der Waals surface area (Å²) >= 11 is 1.87. The summed E-state index contributed by atoms with van der Waals surface area (Å²) in [7, 11) is 1.68. The molecule has 0 saturated carbocycles. The van der Waals surface area contributed by atoms with E-state index in [9.17, 15) is 0 Å². The van der Waals surface area contributed by atoms with E-state index >= 15 is 0 Å². The van der Waals surface area contributed by atoms with E-state index in [0.717, 1.165) is 11.5 Å². The molecule has 9 heavy (non-hydrogen) atoms. The molecule has 0 unspecified atom stereocenters. The van der Waals surface area contributed by atoms with Gasteiger partial charge in [-0.25, -0.2) is 0 Å². The maximum atomic E-state index is 8.87. The first-order chi connectivity index (χ1) is 4.33. The molecule has 0 spiro atoms. The number of methoxy groups -OCH3 is 1. The Morgan fingerprint density at radius 3 is 2.44 bits per heavy atom. The van der Waals surface area contributed by atoms with Gasteiger partial charge in [-0.2, -0.15) is 11.8 Å². The highest BCUT2D eigenvalue weighted by Gasteiger charge is 2.36. The fourth-order valence-electron chi connectivity index (χ4n) is 0.917. The van der Waals surface area contributed by atoms with E-state index in [1.807, 2.05) is 11.8 Å². The van der Waals surface area contributed by atoms with Crippen LogP contribution in [0.1, 0.15) is 0 Å². The molecule has 54 valence electrons. The van der Waals surface area contributed by atoms with Gasteiger partial charge in [0.05, 0.1) is 13.2 Å². The first-order valence-electron chi connectivity index (χ1n) is 3.00. The maximum absolute atomic E-state index is 8.87. The van der Waals surface area contributed by atoms with Crippen LogP contribution in [0.2, 0.25) is 0 Å². The topological polar surface area (TPSA) is 29.5 Å². The Hall–Kier alpha value is 0.270. The van der Waals surface area contributed by atoms with E-state index in [-0.39, 0.29) is 12.0 Å². The minimum atomic E-state index is 0.111. The third-order valence-electron chi connectivity index (χ3n) is 1.60. The lowest BCUT2D eigenvalue weighted by Gasteiger charge is -2.38. The van der Waals surface area contributed by atoms with Crippen LogP contribution >= 0.6 is 11.8 Å². The lowest BCUT2D eigenvalue weighted by atomic mass is 9.95. The van der Waals surface area contributed by atoms with E-state index in [2.05, 4.69) is 0 Å². The van der Waals surface area contributed by atoms with Crippen LogP contribution in [0.15, 0.2) is 0 Å². The van der Waals surface area contributed by atoms with Gasteiger partial charge in [0, 0.05) is 24.0 Å². The van der Waals surface area contributed by atoms with Gasteiger partial charge in [-0.1, -0.05) is 0 Å². The molecule has 0 atom stereocenters. The van der Waals surface area contributed by atoms with Crippen molar-refractivity contribution in [2.45, 2.75) is 0 Å². The average molecular weight is 148 g/mol. The van der Waals surface area contributed by atoms with Gasteiger partial charge in [0.2, 0.25) is 0 Å². The summed E-state index contributed by atoms with van der Waals surface area (Å²) in [5.74, 6) is 2.11. The molecule has 2 nitrogen and oxygen atoms in total. The summed E-state index contributed by atoms with van der Waals surface area (Å²) < 4.78 is 4.97. The molecule has 3 heteroatoms. The minimum Gasteiger partial charge on any atom is -0.396 e. The summed E-state index contributed by atoms with van der Waals surface area (Å²) in [5.41, 5.74) is 0.111. The van der Waals surface area contributed by atoms with Crippen molar-refractivity contribution in [1.29, 1.82) is 0 Å². The first kappa shape index (κ1) is 7.38. The summed E-state index contributed by atoms with van der Waals surface area (Å²) in [4.78, 5) is 0. The van der Waals surface area contributed by atoms with Crippen LogP contribution in [-0.2, 0) is 4.74 Å². The van der Waals surface area contributed by atoms with Crippen LogP contribution in [0.3, 0.4) is 0 Å². The Morgan fingerprint density at radius 1 is 1.67 bits per heavy atom. The summed E-state index contributed by atoms with van der Waals surface area (Å²) in [6, 6.07) is 0. The predicted octanol–water partition coefficient (Wildman–Crippen LogP) is 0.358. The van der Waals surface area contributed by atoms with Crippen molar-refractivity contribution in [3.63, 3.8) is 0 Å². The van der Waals surface area contributed by atoms with Gasteiger partial charge in [-0.15, -0.1) is 0 Å². The molecule has 1 fully saturated rings. The molecular formula is C6H12O2S. The quantitative estimate of drug-likeness (QED) is 0.626. The van der Waals surface area contributed by atoms with Crippen LogP contribution < -0.4 is 0 Å². The Kier molecular flexibility index (Phi) is 2.38. The van der Waals surface area contributed by atoms with Gasteiger partial charge in [-0.3, -0.25) is 0 Å². The van der Waals surface area contributed by atoms with Crippen molar-refractivity contribution in [1.82, 2.24) is 0 Å². The Bertz CT molecular complexity index is 85.5. The minimum absolute atomic E-state index is 0.111. The summed E-state index contributed by atoms with van der Waals surface area (Å²) in [5, 5.41) is 8.87. The number of hydrogen-bond donors (Lipinski definition) is 1. The highest BCUT2D eigenvalue weighted by atomic mass is 32.2. The average Bonchev–Trinajstić information content (AvgIpc) is 1.79. The van der Waals surface area contributed by atoms with Gasteiger partial charge in [0.1, 0.15) is 0 Å². The zero-order chi connectivity index (χ0) is 6.74. The van der Waals surface area contributed by atoms with E-state index in [4.69, 9.17) is 9.84 Å². The van der Waals surface area contributed by atoms with Crippen molar-refractivity contribution in [2.24, 2.45) is 5.41 Å². The molecule has 0 aromatic rings. The lowest BCUT2D eigenvalue weighted by Crippen LogP contribution is -2.43. The Morgan fingerprint density at radius 2 is 2.33 bits per heavy atom. The van der Waals surface area contributed by atoms with E-state index < -0.39 is 0 Å². The largest absolute Gasteiger partial charge is 0.396 e. The third kappa shape index (κ3) is 1.39. The maximum Gasteiger partial charge on any atom is 0.0556 e. The number of ether oxygens (including phenoxy) is 1. The number of aliphatic hydroxyl groups is 1. The molecule has 1 aliphatic rings. The molecule has 1 rings (SSSR count). The Labute approximate surface area is 59.6 Å². The van der Waals surface area contributed by atoms with E-state index in [1.54, 1.807) is 7.11 Å². The van der Waals surface area contributed by atoms with Crippen molar-refractivity contribution < 1.29 is 9.84 Å². The molecule has 0 amide bonds. The van der Waals surface area contributed by atoms with Crippen molar-refractivity contribution in [3.8, 4) is 0 Å². The number of hydrogen-bond acceptors (Lipinski definition) is 3. The van der Waals surface area contributed by atoms with Crippen molar-refractivity contribution in [3.05, 3.63) is 0 Å². The normalized spacial score (nSPS) is 23.3. The highest BCUT2D eigenvalue weighted by molar-refractivity contribution is 8.00. The smallest absolute Gasteiger partial charge is 0.0556 e. The lowest BCUT2D eigenvalue weighted by molar-refractivity contribution is 0.0547. The molecular weight excluding hydrogens is 136 g/mol. The molecule has 1 saturated heterocycles. The summed E-state index contributed by atoms with van der Waals surface area (Å²) in [6.45, 7) is 0.977. The van der Waals surface area contributed by atoms with Gasteiger partial charge < -0.3 is 9.84 Å². The third-order valence-corrected chi connectivity index (χ3v) is 3.24. The first-order valence-corrected chi connectivity index (χ1v) is 4.16. The Balaban J connectivity index is 2.28. The molecule has 0 aromatic carbocycles. The standard InChI is InChI=1S/C6H12O2S/c1-8-3-6(2-7)4-9-5-6/h7H,2-5H2,1H3. The highest BCUT2D eigenvalue weighted by Crippen LogP contribution is 2.37. The molecule has 0 aromatic heterocycles. The van der Waals surface area contributed by atoms with Gasteiger partial charge in [0.25, 0.3) is 0 Å². The molecule has 1 aliphatic heterocycles.